The summed E-state index contributed by atoms with van der Waals surface area (Å²) in [4.78, 5) is 0. The Morgan fingerprint density at radius 1 is 0.667 bits per heavy atom. The summed E-state index contributed by atoms with van der Waals surface area (Å²) in [5.41, 5.74) is 3.24. The Labute approximate surface area is 150 Å². The van der Waals surface area contributed by atoms with Crippen LogP contribution in [-0.4, -0.2) is 0 Å². The van der Waals surface area contributed by atoms with Crippen molar-refractivity contribution in [3.63, 3.8) is 0 Å². The van der Waals surface area contributed by atoms with Crippen LogP contribution in [0.2, 0.25) is 0 Å². The van der Waals surface area contributed by atoms with E-state index in [2.05, 4.69) is 38.1 Å². The summed E-state index contributed by atoms with van der Waals surface area (Å²) in [5.74, 6) is 3.71. The summed E-state index contributed by atoms with van der Waals surface area (Å²) in [7, 11) is 0. The van der Waals surface area contributed by atoms with E-state index in [9.17, 15) is 0 Å². The van der Waals surface area contributed by atoms with E-state index in [0.29, 0.717) is 0 Å². The van der Waals surface area contributed by atoms with Gasteiger partial charge in [-0.25, -0.2) is 0 Å². The minimum atomic E-state index is 0.839. The molecule has 0 heteroatoms. The lowest BCUT2D eigenvalue weighted by Crippen LogP contribution is -2.14. The molecule has 2 fully saturated rings. The number of benzene rings is 1. The first-order valence-electron chi connectivity index (χ1n) is 10.9. The second-order valence-electron chi connectivity index (χ2n) is 8.65. The molecule has 0 heterocycles. The average molecular weight is 327 g/mol. The Morgan fingerprint density at radius 3 is 1.54 bits per heavy atom. The van der Waals surface area contributed by atoms with Crippen LogP contribution in [0.1, 0.15) is 114 Å². The second kappa shape index (κ2) is 9.07. The van der Waals surface area contributed by atoms with Gasteiger partial charge in [0.05, 0.1) is 0 Å². The molecule has 0 bridgehead atoms. The predicted molar refractivity (Wildman–Crippen MR) is 106 cm³/mol. The van der Waals surface area contributed by atoms with Crippen LogP contribution >= 0.6 is 0 Å². The van der Waals surface area contributed by atoms with Gasteiger partial charge in [-0.1, -0.05) is 63.8 Å². The molecule has 2 saturated carbocycles. The molecule has 0 spiro atoms. The summed E-state index contributed by atoms with van der Waals surface area (Å²) in [6, 6.07) is 9.88. The Kier molecular flexibility index (Phi) is 6.81. The highest BCUT2D eigenvalue weighted by molar-refractivity contribution is 5.28. The lowest BCUT2D eigenvalue weighted by molar-refractivity contribution is 0.304. The highest BCUT2D eigenvalue weighted by atomic mass is 14.3. The SMILES string of the molecule is CCCC[C@H]1CC[C@H](c2ccc([C@H]3CC[C@H](CC)CC3)cc2)CC1. The fourth-order valence-electron chi connectivity index (χ4n) is 5.22. The van der Waals surface area contributed by atoms with Gasteiger partial charge in [-0.2, -0.15) is 0 Å². The Bertz CT molecular complexity index is 455. The van der Waals surface area contributed by atoms with Gasteiger partial charge in [-0.3, -0.25) is 0 Å². The van der Waals surface area contributed by atoms with E-state index in [1.807, 2.05) is 0 Å². The molecule has 1 aromatic carbocycles. The summed E-state index contributed by atoms with van der Waals surface area (Å²) in [6.45, 7) is 4.68. The van der Waals surface area contributed by atoms with Crippen LogP contribution in [0.25, 0.3) is 0 Å². The largest absolute Gasteiger partial charge is 0.0654 e. The normalized spacial score (nSPS) is 31.1. The van der Waals surface area contributed by atoms with E-state index in [-0.39, 0.29) is 0 Å². The maximum absolute atomic E-state index is 2.47. The first-order valence-corrected chi connectivity index (χ1v) is 10.9. The molecule has 0 saturated heterocycles. The zero-order valence-electron chi connectivity index (χ0n) is 16.1. The van der Waals surface area contributed by atoms with Crippen molar-refractivity contribution in [1.29, 1.82) is 0 Å². The van der Waals surface area contributed by atoms with Crippen LogP contribution in [0.3, 0.4) is 0 Å². The van der Waals surface area contributed by atoms with Crippen molar-refractivity contribution >= 4 is 0 Å². The van der Waals surface area contributed by atoms with E-state index >= 15 is 0 Å². The van der Waals surface area contributed by atoms with Crippen molar-refractivity contribution in [3.8, 4) is 0 Å². The zero-order valence-corrected chi connectivity index (χ0v) is 16.1. The molecule has 24 heavy (non-hydrogen) atoms. The second-order valence-corrected chi connectivity index (χ2v) is 8.65. The lowest BCUT2D eigenvalue weighted by atomic mass is 9.75. The molecular formula is C24H38. The quantitative estimate of drug-likeness (QED) is 0.499. The van der Waals surface area contributed by atoms with E-state index in [4.69, 9.17) is 0 Å². The van der Waals surface area contributed by atoms with E-state index in [1.54, 1.807) is 11.1 Å². The Morgan fingerprint density at radius 2 is 1.12 bits per heavy atom. The van der Waals surface area contributed by atoms with E-state index in [0.717, 1.165) is 23.7 Å². The molecule has 3 rings (SSSR count). The van der Waals surface area contributed by atoms with Crippen molar-refractivity contribution in [2.75, 3.05) is 0 Å². The van der Waals surface area contributed by atoms with Gasteiger partial charge < -0.3 is 0 Å². The maximum Gasteiger partial charge on any atom is -0.0162 e. The van der Waals surface area contributed by atoms with Crippen LogP contribution in [0.4, 0.5) is 0 Å². The van der Waals surface area contributed by atoms with Gasteiger partial charge in [0.1, 0.15) is 0 Å². The van der Waals surface area contributed by atoms with Crippen LogP contribution < -0.4 is 0 Å². The maximum atomic E-state index is 2.47. The molecule has 0 nitrogen and oxygen atoms in total. The molecule has 0 amide bonds. The van der Waals surface area contributed by atoms with Gasteiger partial charge in [0.15, 0.2) is 0 Å². The summed E-state index contributed by atoms with van der Waals surface area (Å²) in [5, 5.41) is 0. The van der Waals surface area contributed by atoms with Crippen molar-refractivity contribution in [3.05, 3.63) is 35.4 Å². The molecule has 0 aliphatic heterocycles. The van der Waals surface area contributed by atoms with Gasteiger partial charge in [0.25, 0.3) is 0 Å². The van der Waals surface area contributed by atoms with Gasteiger partial charge in [-0.05, 0) is 86.2 Å². The predicted octanol–water partition coefficient (Wildman–Crippen LogP) is 7.83. The van der Waals surface area contributed by atoms with E-state index < -0.39 is 0 Å². The van der Waals surface area contributed by atoms with Crippen molar-refractivity contribution in [1.82, 2.24) is 0 Å². The summed E-state index contributed by atoms with van der Waals surface area (Å²) >= 11 is 0. The molecule has 2 aliphatic rings. The fourth-order valence-corrected chi connectivity index (χ4v) is 5.22. The van der Waals surface area contributed by atoms with Crippen LogP contribution in [0.15, 0.2) is 24.3 Å². The van der Waals surface area contributed by atoms with Crippen molar-refractivity contribution < 1.29 is 0 Å². The van der Waals surface area contributed by atoms with Crippen LogP contribution in [0.5, 0.6) is 0 Å². The van der Waals surface area contributed by atoms with Gasteiger partial charge in [0, 0.05) is 0 Å². The van der Waals surface area contributed by atoms with Crippen LogP contribution in [-0.2, 0) is 0 Å². The monoisotopic (exact) mass is 326 g/mol. The number of rotatable bonds is 6. The number of hydrogen-bond donors (Lipinski definition) is 0. The van der Waals surface area contributed by atoms with Crippen molar-refractivity contribution in [2.24, 2.45) is 11.8 Å². The average Bonchev–Trinajstić information content (AvgIpc) is 2.67. The molecule has 0 radical (unpaired) electrons. The number of hydrogen-bond acceptors (Lipinski definition) is 0. The van der Waals surface area contributed by atoms with Gasteiger partial charge in [0.2, 0.25) is 0 Å². The number of unbranched alkanes of at least 4 members (excludes halogenated alkanes) is 1. The van der Waals surface area contributed by atoms with Crippen molar-refractivity contribution in [2.45, 2.75) is 103 Å². The molecule has 134 valence electrons. The summed E-state index contributed by atoms with van der Waals surface area (Å²) in [6.07, 6.45) is 17.2. The minimum absolute atomic E-state index is 0.839. The third kappa shape index (κ3) is 4.64. The molecule has 0 aromatic heterocycles. The van der Waals surface area contributed by atoms with E-state index in [1.165, 1.54) is 77.0 Å². The molecule has 1 aromatic rings. The molecule has 0 N–H and O–H groups in total. The fraction of sp³-hybridized carbons (Fsp3) is 0.750. The highest BCUT2D eigenvalue weighted by Crippen LogP contribution is 2.40. The molecule has 0 unspecified atom stereocenters. The first-order chi connectivity index (χ1) is 11.8. The molecule has 0 atom stereocenters. The Hall–Kier alpha value is -0.780. The summed E-state index contributed by atoms with van der Waals surface area (Å²) < 4.78 is 0. The Balaban J connectivity index is 1.50. The molecule has 2 aliphatic carbocycles. The molecular weight excluding hydrogens is 288 g/mol. The lowest BCUT2D eigenvalue weighted by Gasteiger charge is -2.30. The highest BCUT2D eigenvalue weighted by Gasteiger charge is 2.23. The van der Waals surface area contributed by atoms with Crippen LogP contribution in [0, 0.1) is 11.8 Å². The zero-order chi connectivity index (χ0) is 16.8. The third-order valence-electron chi connectivity index (χ3n) is 7.12. The van der Waals surface area contributed by atoms with Gasteiger partial charge >= 0.3 is 0 Å². The third-order valence-corrected chi connectivity index (χ3v) is 7.12. The smallest absolute Gasteiger partial charge is 0.0162 e. The van der Waals surface area contributed by atoms with Gasteiger partial charge in [-0.15, -0.1) is 0 Å². The topological polar surface area (TPSA) is 0 Å². The standard InChI is InChI=1S/C24H38/c1-3-5-6-20-9-13-22(14-10-20)24-17-15-23(16-18-24)21-11-7-19(4-2)8-12-21/h15-22H,3-14H2,1-2H3/t19-,20-,21-,22-. The first kappa shape index (κ1) is 18.0. The minimum Gasteiger partial charge on any atom is -0.0654 e.